The zero-order valence-corrected chi connectivity index (χ0v) is 7.73. The standard InChI is InChI=1S/C7H14N2O.ClH/c1-5-3-6(7(8)10)9(2)4-5;/h5-6H,3-4H2,1-2H3,(H2,8,10);1H. The number of hydrogen-bond acceptors (Lipinski definition) is 2. The lowest BCUT2D eigenvalue weighted by molar-refractivity contribution is -0.121. The van der Waals surface area contributed by atoms with Crippen molar-refractivity contribution in [3.63, 3.8) is 0 Å². The van der Waals surface area contributed by atoms with Crippen LogP contribution in [-0.4, -0.2) is 30.4 Å². The van der Waals surface area contributed by atoms with Crippen LogP contribution < -0.4 is 5.73 Å². The summed E-state index contributed by atoms with van der Waals surface area (Å²) < 4.78 is 0. The highest BCUT2D eigenvalue weighted by molar-refractivity contribution is 5.85. The summed E-state index contributed by atoms with van der Waals surface area (Å²) in [5.74, 6) is 0.425. The fourth-order valence-electron chi connectivity index (χ4n) is 1.59. The maximum Gasteiger partial charge on any atom is 0.234 e. The highest BCUT2D eigenvalue weighted by Gasteiger charge is 2.30. The van der Waals surface area contributed by atoms with Crippen LogP contribution in [0.4, 0.5) is 0 Å². The van der Waals surface area contributed by atoms with Crippen molar-refractivity contribution >= 4 is 18.3 Å². The Kier molecular flexibility index (Phi) is 3.83. The Balaban J connectivity index is 0.000001000. The number of nitrogens with two attached hydrogens (primary N) is 1. The number of nitrogens with zero attached hydrogens (tertiary/aromatic N) is 1. The van der Waals surface area contributed by atoms with Gasteiger partial charge in [0.05, 0.1) is 6.04 Å². The molecule has 2 atom stereocenters. The van der Waals surface area contributed by atoms with Crippen LogP contribution in [-0.2, 0) is 4.79 Å². The van der Waals surface area contributed by atoms with E-state index >= 15 is 0 Å². The first-order valence-electron chi connectivity index (χ1n) is 3.61. The summed E-state index contributed by atoms with van der Waals surface area (Å²) in [4.78, 5) is 12.8. The molecule has 3 nitrogen and oxygen atoms in total. The fraction of sp³-hybridized carbons (Fsp3) is 0.857. The van der Waals surface area contributed by atoms with Gasteiger partial charge in [-0.05, 0) is 19.4 Å². The summed E-state index contributed by atoms with van der Waals surface area (Å²) in [6, 6.07) is -0.0185. The Morgan fingerprint density at radius 1 is 1.64 bits per heavy atom. The average molecular weight is 179 g/mol. The van der Waals surface area contributed by atoms with Crippen molar-refractivity contribution in [3.8, 4) is 0 Å². The van der Waals surface area contributed by atoms with Gasteiger partial charge in [-0.15, -0.1) is 12.4 Å². The van der Waals surface area contributed by atoms with Gasteiger partial charge in [-0.25, -0.2) is 0 Å². The van der Waals surface area contributed by atoms with Crippen molar-refractivity contribution < 1.29 is 4.79 Å². The van der Waals surface area contributed by atoms with E-state index in [0.717, 1.165) is 13.0 Å². The van der Waals surface area contributed by atoms with E-state index in [0.29, 0.717) is 5.92 Å². The van der Waals surface area contributed by atoms with Crippen LogP contribution >= 0.6 is 12.4 Å². The topological polar surface area (TPSA) is 46.3 Å². The first kappa shape index (κ1) is 10.7. The minimum absolute atomic E-state index is 0. The van der Waals surface area contributed by atoms with E-state index in [1.54, 1.807) is 0 Å². The van der Waals surface area contributed by atoms with Crippen LogP contribution in [0.15, 0.2) is 0 Å². The van der Waals surface area contributed by atoms with E-state index in [1.807, 2.05) is 11.9 Å². The molecule has 0 aromatic carbocycles. The second kappa shape index (κ2) is 3.93. The fourth-order valence-corrected chi connectivity index (χ4v) is 1.59. The normalized spacial score (nSPS) is 31.5. The van der Waals surface area contributed by atoms with Crippen LogP contribution in [0.2, 0.25) is 0 Å². The third-order valence-corrected chi connectivity index (χ3v) is 2.09. The molecule has 1 aliphatic rings. The number of primary amides is 1. The monoisotopic (exact) mass is 178 g/mol. The summed E-state index contributed by atoms with van der Waals surface area (Å²) in [6.07, 6.45) is 0.922. The number of carbonyl (C=O) groups excluding carboxylic acids is 1. The quantitative estimate of drug-likeness (QED) is 0.625. The van der Waals surface area contributed by atoms with Gasteiger partial charge in [0.15, 0.2) is 0 Å². The number of likely N-dealkylation sites (N-methyl/N-ethyl adjacent to an activating group) is 1. The van der Waals surface area contributed by atoms with Gasteiger partial charge in [0.2, 0.25) is 5.91 Å². The number of amides is 1. The predicted molar refractivity (Wildman–Crippen MR) is 46.6 cm³/mol. The Morgan fingerprint density at radius 3 is 2.36 bits per heavy atom. The van der Waals surface area contributed by atoms with Gasteiger partial charge >= 0.3 is 0 Å². The highest BCUT2D eigenvalue weighted by atomic mass is 35.5. The summed E-state index contributed by atoms with van der Waals surface area (Å²) in [5, 5.41) is 0. The minimum Gasteiger partial charge on any atom is -0.368 e. The molecule has 2 unspecified atom stereocenters. The molecule has 4 heteroatoms. The van der Waals surface area contributed by atoms with Gasteiger partial charge in [-0.2, -0.15) is 0 Å². The second-order valence-electron chi connectivity index (χ2n) is 3.20. The maximum absolute atomic E-state index is 10.7. The van der Waals surface area contributed by atoms with Crippen molar-refractivity contribution in [1.29, 1.82) is 0 Å². The molecule has 11 heavy (non-hydrogen) atoms. The third-order valence-electron chi connectivity index (χ3n) is 2.09. The van der Waals surface area contributed by atoms with Crippen LogP contribution in [0.5, 0.6) is 0 Å². The maximum atomic E-state index is 10.7. The van der Waals surface area contributed by atoms with Crippen molar-refractivity contribution in [3.05, 3.63) is 0 Å². The lowest BCUT2D eigenvalue weighted by Crippen LogP contribution is -2.37. The molecule has 0 radical (unpaired) electrons. The smallest absolute Gasteiger partial charge is 0.234 e. The van der Waals surface area contributed by atoms with Crippen molar-refractivity contribution in [1.82, 2.24) is 4.90 Å². The number of rotatable bonds is 1. The van der Waals surface area contributed by atoms with Gasteiger partial charge < -0.3 is 5.73 Å². The second-order valence-corrected chi connectivity index (χ2v) is 3.20. The van der Waals surface area contributed by atoms with Crippen molar-refractivity contribution in [2.75, 3.05) is 13.6 Å². The van der Waals surface area contributed by atoms with Crippen LogP contribution in [0, 0.1) is 5.92 Å². The van der Waals surface area contributed by atoms with Gasteiger partial charge in [0.1, 0.15) is 0 Å². The highest BCUT2D eigenvalue weighted by Crippen LogP contribution is 2.19. The molecule has 66 valence electrons. The Bertz CT molecular complexity index is 151. The first-order chi connectivity index (χ1) is 4.61. The molecule has 0 spiro atoms. The zero-order valence-electron chi connectivity index (χ0n) is 6.91. The molecular weight excluding hydrogens is 164 g/mol. The lowest BCUT2D eigenvalue weighted by Gasteiger charge is -2.14. The van der Waals surface area contributed by atoms with E-state index in [4.69, 9.17) is 5.73 Å². The largest absolute Gasteiger partial charge is 0.368 e. The molecule has 0 saturated carbocycles. The third kappa shape index (κ3) is 2.34. The number of halogens is 1. The summed E-state index contributed by atoms with van der Waals surface area (Å²) in [6.45, 7) is 3.13. The molecule has 1 heterocycles. The van der Waals surface area contributed by atoms with Crippen LogP contribution in [0.1, 0.15) is 13.3 Å². The summed E-state index contributed by atoms with van der Waals surface area (Å²) in [5.41, 5.74) is 5.17. The molecule has 1 saturated heterocycles. The number of hydrogen-bond donors (Lipinski definition) is 1. The van der Waals surface area contributed by atoms with Crippen molar-refractivity contribution in [2.24, 2.45) is 11.7 Å². The van der Waals surface area contributed by atoms with Crippen LogP contribution in [0.3, 0.4) is 0 Å². The number of likely N-dealkylation sites (tertiary alicyclic amines) is 1. The van der Waals surface area contributed by atoms with Gasteiger partial charge in [0, 0.05) is 6.54 Å². The number of carbonyl (C=O) groups is 1. The molecule has 1 rings (SSSR count). The molecule has 0 bridgehead atoms. The van der Waals surface area contributed by atoms with E-state index in [-0.39, 0.29) is 24.4 Å². The molecule has 2 N–H and O–H groups in total. The molecule has 0 aromatic rings. The summed E-state index contributed by atoms with van der Waals surface area (Å²) >= 11 is 0. The molecule has 1 fully saturated rings. The molecular formula is C7H15ClN2O. The van der Waals surface area contributed by atoms with Crippen LogP contribution in [0.25, 0.3) is 0 Å². The molecule has 0 aromatic heterocycles. The Hall–Kier alpha value is -0.280. The zero-order chi connectivity index (χ0) is 7.72. The Labute approximate surface area is 73.3 Å². The van der Waals surface area contributed by atoms with Gasteiger partial charge in [-0.3, -0.25) is 9.69 Å². The SMILES string of the molecule is CC1CC(C(N)=O)N(C)C1.Cl. The predicted octanol–water partition coefficient (Wildman–Crippen LogP) is 0.234. The van der Waals surface area contributed by atoms with E-state index in [2.05, 4.69) is 6.92 Å². The minimum atomic E-state index is -0.188. The molecule has 1 amide bonds. The van der Waals surface area contributed by atoms with E-state index < -0.39 is 0 Å². The van der Waals surface area contributed by atoms with Gasteiger partial charge in [0.25, 0.3) is 0 Å². The molecule has 0 aliphatic carbocycles. The lowest BCUT2D eigenvalue weighted by atomic mass is 10.1. The molecule has 1 aliphatic heterocycles. The van der Waals surface area contributed by atoms with E-state index in [9.17, 15) is 4.79 Å². The van der Waals surface area contributed by atoms with E-state index in [1.165, 1.54) is 0 Å². The summed E-state index contributed by atoms with van der Waals surface area (Å²) in [7, 11) is 1.94. The van der Waals surface area contributed by atoms with Crippen molar-refractivity contribution in [2.45, 2.75) is 19.4 Å². The Morgan fingerprint density at radius 2 is 2.18 bits per heavy atom. The first-order valence-corrected chi connectivity index (χ1v) is 3.61. The average Bonchev–Trinajstić information content (AvgIpc) is 2.10. The van der Waals surface area contributed by atoms with Gasteiger partial charge in [-0.1, -0.05) is 6.92 Å².